The fraction of sp³-hybridized carbons (Fsp3) is 0.435. The topological polar surface area (TPSA) is 29.5 Å². The molecule has 26 heavy (non-hydrogen) atoms. The Bertz CT molecular complexity index is 737. The second-order valence-corrected chi connectivity index (χ2v) is 7.78. The number of rotatable bonds is 4. The van der Waals surface area contributed by atoms with E-state index in [0.717, 1.165) is 36.8 Å². The predicted molar refractivity (Wildman–Crippen MR) is 103 cm³/mol. The molecule has 1 heterocycles. The van der Waals surface area contributed by atoms with Crippen molar-refractivity contribution in [1.82, 2.24) is 4.90 Å². The van der Waals surface area contributed by atoms with Crippen LogP contribution in [0.25, 0.3) is 0 Å². The summed E-state index contributed by atoms with van der Waals surface area (Å²) in [6.45, 7) is 3.24. The van der Waals surface area contributed by atoms with Gasteiger partial charge < -0.3 is 9.64 Å². The third kappa shape index (κ3) is 3.92. The van der Waals surface area contributed by atoms with E-state index in [1.54, 1.807) is 0 Å². The van der Waals surface area contributed by atoms with Crippen molar-refractivity contribution in [2.24, 2.45) is 11.8 Å². The number of hydrogen-bond acceptors (Lipinski definition) is 2. The third-order valence-electron chi connectivity index (χ3n) is 5.83. The van der Waals surface area contributed by atoms with Gasteiger partial charge in [0.2, 0.25) is 0 Å². The molecule has 3 heteroatoms. The van der Waals surface area contributed by atoms with Crippen LogP contribution >= 0.6 is 0 Å². The van der Waals surface area contributed by atoms with E-state index in [4.69, 9.17) is 4.74 Å². The van der Waals surface area contributed by atoms with Crippen LogP contribution in [-0.2, 0) is 11.3 Å². The molecule has 4 rings (SSSR count). The quantitative estimate of drug-likeness (QED) is 0.730. The second kappa shape index (κ2) is 7.53. The lowest BCUT2D eigenvalue weighted by Crippen LogP contribution is -2.41. The lowest BCUT2D eigenvalue weighted by molar-refractivity contribution is 0.0536. The molecule has 2 aromatic rings. The number of likely N-dealkylation sites (tertiary alicyclic amines) is 1. The van der Waals surface area contributed by atoms with Gasteiger partial charge in [-0.1, -0.05) is 60.2 Å². The Labute approximate surface area is 156 Å². The number of carbonyl (C=O) groups excluding carboxylic acids is 1. The van der Waals surface area contributed by atoms with Gasteiger partial charge >= 0.3 is 6.09 Å². The molecule has 1 aliphatic carbocycles. The van der Waals surface area contributed by atoms with Crippen LogP contribution in [0, 0.1) is 18.8 Å². The van der Waals surface area contributed by atoms with E-state index in [1.165, 1.54) is 24.0 Å². The molecule has 3 nitrogen and oxygen atoms in total. The van der Waals surface area contributed by atoms with Gasteiger partial charge in [-0.3, -0.25) is 0 Å². The number of hydrogen-bond donors (Lipinski definition) is 0. The summed E-state index contributed by atoms with van der Waals surface area (Å²) in [4.78, 5) is 14.8. The van der Waals surface area contributed by atoms with Crippen LogP contribution in [0.2, 0.25) is 0 Å². The number of carbonyl (C=O) groups is 1. The van der Waals surface area contributed by atoms with E-state index in [-0.39, 0.29) is 12.1 Å². The van der Waals surface area contributed by atoms with Gasteiger partial charge in [-0.15, -0.1) is 0 Å². The first-order valence-electron chi connectivity index (χ1n) is 9.74. The van der Waals surface area contributed by atoms with E-state index >= 15 is 0 Å². The van der Waals surface area contributed by atoms with Crippen molar-refractivity contribution in [3.63, 3.8) is 0 Å². The molecule has 0 radical (unpaired) electrons. The van der Waals surface area contributed by atoms with Gasteiger partial charge in [-0.05, 0) is 55.6 Å². The van der Waals surface area contributed by atoms with Gasteiger partial charge in [-0.25, -0.2) is 4.79 Å². The molecular formula is C23H27NO2. The van der Waals surface area contributed by atoms with Crippen LogP contribution in [0.4, 0.5) is 4.79 Å². The number of ether oxygens (including phenoxy) is 1. The van der Waals surface area contributed by atoms with Crippen molar-refractivity contribution in [2.45, 2.75) is 45.3 Å². The van der Waals surface area contributed by atoms with Gasteiger partial charge in [0.05, 0.1) is 6.04 Å². The lowest BCUT2D eigenvalue weighted by Gasteiger charge is -2.39. The SMILES string of the molecule is Cc1ccc([C@@H]2C[C@H](C3CC3)CCN2C(=O)OCc2ccccc2)cc1. The van der Waals surface area contributed by atoms with Crippen LogP contribution in [0.5, 0.6) is 0 Å². The van der Waals surface area contributed by atoms with E-state index in [2.05, 4.69) is 31.2 Å². The van der Waals surface area contributed by atoms with Crippen molar-refractivity contribution < 1.29 is 9.53 Å². The van der Waals surface area contributed by atoms with Gasteiger partial charge in [-0.2, -0.15) is 0 Å². The maximum atomic E-state index is 12.8. The molecule has 0 aromatic heterocycles. The highest BCUT2D eigenvalue weighted by Gasteiger charge is 2.40. The Morgan fingerprint density at radius 3 is 2.42 bits per heavy atom. The minimum Gasteiger partial charge on any atom is -0.445 e. The monoisotopic (exact) mass is 349 g/mol. The Morgan fingerprint density at radius 2 is 1.73 bits per heavy atom. The Morgan fingerprint density at radius 1 is 1.00 bits per heavy atom. The summed E-state index contributed by atoms with van der Waals surface area (Å²) >= 11 is 0. The summed E-state index contributed by atoms with van der Waals surface area (Å²) in [5.74, 6) is 1.63. The molecule has 2 atom stereocenters. The van der Waals surface area contributed by atoms with Crippen LogP contribution in [0.15, 0.2) is 54.6 Å². The zero-order valence-electron chi connectivity index (χ0n) is 15.4. The zero-order chi connectivity index (χ0) is 17.9. The fourth-order valence-corrected chi connectivity index (χ4v) is 4.11. The number of benzene rings is 2. The van der Waals surface area contributed by atoms with Crippen molar-refractivity contribution in [2.75, 3.05) is 6.54 Å². The average molecular weight is 349 g/mol. The zero-order valence-corrected chi connectivity index (χ0v) is 15.4. The molecule has 0 unspecified atom stereocenters. The molecule has 1 amide bonds. The van der Waals surface area contributed by atoms with Crippen LogP contribution in [-0.4, -0.2) is 17.5 Å². The summed E-state index contributed by atoms with van der Waals surface area (Å²) in [6.07, 6.45) is 4.71. The molecule has 136 valence electrons. The lowest BCUT2D eigenvalue weighted by atomic mass is 9.84. The van der Waals surface area contributed by atoms with E-state index in [9.17, 15) is 4.79 Å². The average Bonchev–Trinajstić information content (AvgIpc) is 3.52. The van der Waals surface area contributed by atoms with Crippen molar-refractivity contribution in [1.29, 1.82) is 0 Å². The minimum absolute atomic E-state index is 0.137. The molecule has 1 saturated carbocycles. The highest BCUT2D eigenvalue weighted by Crippen LogP contribution is 2.46. The first kappa shape index (κ1) is 17.1. The standard InChI is InChI=1S/C23H27NO2/c1-17-7-9-20(10-8-17)22-15-21(19-11-12-19)13-14-24(22)23(25)26-16-18-5-3-2-4-6-18/h2-10,19,21-22H,11-16H2,1H3/t21-,22+/m1/s1. The molecule has 2 aliphatic rings. The number of piperidine rings is 1. The maximum absolute atomic E-state index is 12.8. The molecule has 2 fully saturated rings. The van der Waals surface area contributed by atoms with Crippen molar-refractivity contribution >= 4 is 6.09 Å². The largest absolute Gasteiger partial charge is 0.445 e. The summed E-state index contributed by atoms with van der Waals surface area (Å²) in [5.41, 5.74) is 3.51. The van der Waals surface area contributed by atoms with Crippen molar-refractivity contribution in [3.8, 4) is 0 Å². The van der Waals surface area contributed by atoms with Crippen molar-refractivity contribution in [3.05, 3.63) is 71.3 Å². The van der Waals surface area contributed by atoms with Gasteiger partial charge in [0, 0.05) is 6.54 Å². The summed E-state index contributed by atoms with van der Waals surface area (Å²) in [7, 11) is 0. The normalized spacial score (nSPS) is 22.9. The Hall–Kier alpha value is -2.29. The van der Waals surface area contributed by atoms with Crippen LogP contribution < -0.4 is 0 Å². The van der Waals surface area contributed by atoms with Crippen LogP contribution in [0.1, 0.15) is 48.4 Å². The van der Waals surface area contributed by atoms with E-state index in [0.29, 0.717) is 6.61 Å². The molecule has 0 bridgehead atoms. The summed E-state index contributed by atoms with van der Waals surface area (Å²) in [5, 5.41) is 0. The van der Waals surface area contributed by atoms with Gasteiger partial charge in [0.15, 0.2) is 0 Å². The first-order chi connectivity index (χ1) is 12.7. The summed E-state index contributed by atoms with van der Waals surface area (Å²) < 4.78 is 5.64. The molecule has 1 saturated heterocycles. The molecule has 1 aliphatic heterocycles. The Balaban J connectivity index is 1.48. The first-order valence-corrected chi connectivity index (χ1v) is 9.74. The second-order valence-electron chi connectivity index (χ2n) is 7.78. The smallest absolute Gasteiger partial charge is 0.410 e. The molecule has 0 N–H and O–H groups in total. The predicted octanol–water partition coefficient (Wildman–Crippen LogP) is 5.49. The maximum Gasteiger partial charge on any atom is 0.410 e. The highest BCUT2D eigenvalue weighted by atomic mass is 16.6. The molecular weight excluding hydrogens is 322 g/mol. The Kier molecular flexibility index (Phi) is 4.96. The van der Waals surface area contributed by atoms with Crippen LogP contribution in [0.3, 0.4) is 0 Å². The number of aryl methyl sites for hydroxylation is 1. The highest BCUT2D eigenvalue weighted by molar-refractivity contribution is 5.68. The molecule has 2 aromatic carbocycles. The third-order valence-corrected chi connectivity index (χ3v) is 5.83. The van der Waals surface area contributed by atoms with E-state index in [1.807, 2.05) is 35.2 Å². The van der Waals surface area contributed by atoms with E-state index < -0.39 is 0 Å². The minimum atomic E-state index is -0.186. The summed E-state index contributed by atoms with van der Waals surface area (Å²) in [6, 6.07) is 18.7. The number of nitrogens with zero attached hydrogens (tertiary/aromatic N) is 1. The fourth-order valence-electron chi connectivity index (χ4n) is 4.11. The molecule has 0 spiro atoms. The number of amides is 1. The van der Waals surface area contributed by atoms with Gasteiger partial charge in [0.1, 0.15) is 6.61 Å². The van der Waals surface area contributed by atoms with Gasteiger partial charge in [0.25, 0.3) is 0 Å².